The lowest BCUT2D eigenvalue weighted by Gasteiger charge is -2.40. The molecule has 2 fully saturated rings. The lowest BCUT2D eigenvalue weighted by atomic mass is 9.63. The summed E-state index contributed by atoms with van der Waals surface area (Å²) in [6.07, 6.45) is 1.90. The minimum atomic E-state index is 0.112. The third-order valence-electron chi connectivity index (χ3n) is 5.86. The standard InChI is InChI=1S/C21H21Cl2NO.C2H6/c1-12-2-7-15(19(23)10-12)16-8-9-17-18(11-24-21(17)25)20(16)13-3-5-14(22)6-4-13;1-2/h2-7,10,16-18,20H,8-9,11H2,1H3,(H,24,25);1-2H3. The average molecular weight is 404 g/mol. The molecule has 0 bridgehead atoms. The Bertz CT molecular complexity index is 803. The van der Waals surface area contributed by atoms with E-state index >= 15 is 0 Å². The van der Waals surface area contributed by atoms with Gasteiger partial charge in [-0.05, 0) is 72.4 Å². The number of hydrogen-bond donors (Lipinski definition) is 1. The molecule has 0 radical (unpaired) electrons. The highest BCUT2D eigenvalue weighted by molar-refractivity contribution is 6.31. The molecule has 4 rings (SSSR count). The fourth-order valence-electron chi connectivity index (χ4n) is 4.69. The topological polar surface area (TPSA) is 29.1 Å². The molecule has 4 heteroatoms. The maximum Gasteiger partial charge on any atom is 0.223 e. The van der Waals surface area contributed by atoms with Gasteiger partial charge in [0.25, 0.3) is 0 Å². The summed E-state index contributed by atoms with van der Waals surface area (Å²) in [5.41, 5.74) is 3.62. The summed E-state index contributed by atoms with van der Waals surface area (Å²) in [5, 5.41) is 4.64. The minimum absolute atomic E-state index is 0.112. The van der Waals surface area contributed by atoms with E-state index in [1.54, 1.807) is 0 Å². The van der Waals surface area contributed by atoms with Crippen molar-refractivity contribution in [3.05, 3.63) is 69.2 Å². The zero-order chi connectivity index (χ0) is 19.6. The van der Waals surface area contributed by atoms with Crippen molar-refractivity contribution in [1.29, 1.82) is 0 Å². The summed E-state index contributed by atoms with van der Waals surface area (Å²) < 4.78 is 0. The van der Waals surface area contributed by atoms with E-state index in [0.29, 0.717) is 11.8 Å². The van der Waals surface area contributed by atoms with Crippen molar-refractivity contribution in [3.8, 4) is 0 Å². The van der Waals surface area contributed by atoms with Crippen LogP contribution in [0.15, 0.2) is 42.5 Å². The SMILES string of the molecule is CC.Cc1ccc(C2CCC3C(=O)NCC3C2c2ccc(Cl)cc2)c(Cl)c1. The maximum absolute atomic E-state index is 12.2. The number of aryl methyl sites for hydroxylation is 1. The summed E-state index contributed by atoms with van der Waals surface area (Å²) in [6.45, 7) is 6.81. The van der Waals surface area contributed by atoms with Crippen LogP contribution in [0.2, 0.25) is 10.0 Å². The zero-order valence-corrected chi connectivity index (χ0v) is 17.6. The molecular formula is C23H27Cl2NO. The molecule has 2 aromatic rings. The summed E-state index contributed by atoms with van der Waals surface area (Å²) in [5.74, 6) is 1.22. The smallest absolute Gasteiger partial charge is 0.223 e. The van der Waals surface area contributed by atoms with Crippen LogP contribution in [0.1, 0.15) is 55.2 Å². The molecule has 0 spiro atoms. The van der Waals surface area contributed by atoms with E-state index < -0.39 is 0 Å². The minimum Gasteiger partial charge on any atom is -0.356 e. The molecule has 1 saturated carbocycles. The number of carbonyl (C=O) groups excluding carboxylic acids is 1. The Hall–Kier alpha value is -1.51. The van der Waals surface area contributed by atoms with Crippen molar-refractivity contribution >= 4 is 29.1 Å². The molecule has 0 aromatic heterocycles. The maximum atomic E-state index is 12.2. The van der Waals surface area contributed by atoms with Gasteiger partial charge in [0, 0.05) is 22.5 Å². The van der Waals surface area contributed by atoms with Crippen LogP contribution >= 0.6 is 23.2 Å². The van der Waals surface area contributed by atoms with Crippen molar-refractivity contribution in [3.63, 3.8) is 0 Å². The summed E-state index contributed by atoms with van der Waals surface area (Å²) >= 11 is 12.7. The van der Waals surface area contributed by atoms with E-state index in [4.69, 9.17) is 23.2 Å². The van der Waals surface area contributed by atoms with Crippen LogP contribution in [0.3, 0.4) is 0 Å². The number of benzene rings is 2. The van der Waals surface area contributed by atoms with E-state index in [-0.39, 0.29) is 17.7 Å². The average Bonchev–Trinajstić information content (AvgIpc) is 3.05. The van der Waals surface area contributed by atoms with Gasteiger partial charge in [-0.3, -0.25) is 4.79 Å². The fraction of sp³-hybridized carbons (Fsp3) is 0.435. The van der Waals surface area contributed by atoms with Crippen molar-refractivity contribution in [2.24, 2.45) is 11.8 Å². The summed E-state index contributed by atoms with van der Waals surface area (Å²) in [4.78, 5) is 12.2. The van der Waals surface area contributed by atoms with Gasteiger partial charge >= 0.3 is 0 Å². The Morgan fingerprint density at radius 2 is 1.63 bits per heavy atom. The third-order valence-corrected chi connectivity index (χ3v) is 6.44. The zero-order valence-electron chi connectivity index (χ0n) is 16.1. The van der Waals surface area contributed by atoms with Gasteiger partial charge in [-0.1, -0.05) is 61.3 Å². The van der Waals surface area contributed by atoms with Gasteiger partial charge in [-0.2, -0.15) is 0 Å². The first-order chi connectivity index (χ1) is 13.0. The molecule has 27 heavy (non-hydrogen) atoms. The van der Waals surface area contributed by atoms with E-state index in [1.165, 1.54) is 16.7 Å². The lowest BCUT2D eigenvalue weighted by Crippen LogP contribution is -2.32. The number of nitrogens with one attached hydrogen (secondary N) is 1. The molecule has 1 aliphatic carbocycles. The first kappa shape index (κ1) is 20.2. The molecule has 1 N–H and O–H groups in total. The van der Waals surface area contributed by atoms with Crippen LogP contribution in [0.4, 0.5) is 0 Å². The van der Waals surface area contributed by atoms with Gasteiger partial charge in [0.15, 0.2) is 0 Å². The van der Waals surface area contributed by atoms with E-state index in [0.717, 1.165) is 29.4 Å². The number of carbonyl (C=O) groups is 1. The molecule has 4 unspecified atom stereocenters. The third kappa shape index (κ3) is 4.02. The second-order valence-corrected chi connectivity index (χ2v) is 8.15. The number of rotatable bonds is 2. The van der Waals surface area contributed by atoms with Crippen LogP contribution < -0.4 is 5.32 Å². The molecule has 1 aliphatic heterocycles. The van der Waals surface area contributed by atoms with Crippen LogP contribution in [0.5, 0.6) is 0 Å². The molecule has 2 nitrogen and oxygen atoms in total. The highest BCUT2D eigenvalue weighted by atomic mass is 35.5. The molecular weight excluding hydrogens is 377 g/mol. The van der Waals surface area contributed by atoms with E-state index in [1.807, 2.05) is 32.0 Å². The van der Waals surface area contributed by atoms with Crippen molar-refractivity contribution in [2.75, 3.05) is 6.54 Å². The first-order valence-electron chi connectivity index (χ1n) is 9.84. The predicted molar refractivity (Wildman–Crippen MR) is 114 cm³/mol. The molecule has 4 atom stereocenters. The molecule has 144 valence electrons. The quantitative estimate of drug-likeness (QED) is 0.621. The summed E-state index contributed by atoms with van der Waals surface area (Å²) in [7, 11) is 0. The van der Waals surface area contributed by atoms with Crippen molar-refractivity contribution in [1.82, 2.24) is 5.32 Å². The summed E-state index contributed by atoms with van der Waals surface area (Å²) in [6, 6.07) is 14.4. The Morgan fingerprint density at radius 3 is 2.30 bits per heavy atom. The highest BCUT2D eigenvalue weighted by Crippen LogP contribution is 2.52. The van der Waals surface area contributed by atoms with Gasteiger partial charge in [0.05, 0.1) is 0 Å². The molecule has 2 aromatic carbocycles. The Kier molecular flexibility index (Phi) is 6.49. The van der Waals surface area contributed by atoms with Gasteiger partial charge in [-0.25, -0.2) is 0 Å². The lowest BCUT2D eigenvalue weighted by molar-refractivity contribution is -0.123. The van der Waals surface area contributed by atoms with E-state index in [2.05, 4.69) is 36.5 Å². The monoisotopic (exact) mass is 403 g/mol. The Morgan fingerprint density at radius 1 is 0.963 bits per heavy atom. The Balaban J connectivity index is 0.00000102. The van der Waals surface area contributed by atoms with Crippen LogP contribution in [-0.2, 0) is 4.79 Å². The Labute approximate surface area is 172 Å². The van der Waals surface area contributed by atoms with Crippen molar-refractivity contribution < 1.29 is 4.79 Å². The number of fused-ring (bicyclic) bond motifs is 1. The first-order valence-corrected chi connectivity index (χ1v) is 10.6. The number of halogens is 2. The second-order valence-electron chi connectivity index (χ2n) is 7.30. The van der Waals surface area contributed by atoms with Crippen LogP contribution in [-0.4, -0.2) is 12.5 Å². The largest absolute Gasteiger partial charge is 0.356 e. The normalized spacial score (nSPS) is 26.6. The predicted octanol–water partition coefficient (Wildman–Crippen LogP) is 6.35. The van der Waals surface area contributed by atoms with Gasteiger partial charge < -0.3 is 5.32 Å². The van der Waals surface area contributed by atoms with Crippen LogP contribution in [0.25, 0.3) is 0 Å². The second kappa shape index (κ2) is 8.67. The molecule has 1 heterocycles. The number of amides is 1. The van der Waals surface area contributed by atoms with Gasteiger partial charge in [0.1, 0.15) is 0 Å². The molecule has 2 aliphatic rings. The van der Waals surface area contributed by atoms with Crippen molar-refractivity contribution in [2.45, 2.75) is 45.4 Å². The number of hydrogen-bond acceptors (Lipinski definition) is 1. The van der Waals surface area contributed by atoms with Gasteiger partial charge in [0.2, 0.25) is 5.91 Å². The molecule has 1 amide bonds. The van der Waals surface area contributed by atoms with Crippen LogP contribution in [0, 0.1) is 18.8 Å². The van der Waals surface area contributed by atoms with Gasteiger partial charge in [-0.15, -0.1) is 0 Å². The highest BCUT2D eigenvalue weighted by Gasteiger charge is 2.47. The van der Waals surface area contributed by atoms with E-state index in [9.17, 15) is 4.79 Å². The molecule has 1 saturated heterocycles. The fourth-order valence-corrected chi connectivity index (χ4v) is 5.19.